The molecule has 0 fully saturated rings. The molecule has 0 aromatic heterocycles. The first-order valence-corrected chi connectivity index (χ1v) is 7.52. The zero-order valence-corrected chi connectivity index (χ0v) is 12.4. The molecular weight excluding hydrogens is 291 g/mol. The molecule has 100 valence electrons. The van der Waals surface area contributed by atoms with Gasteiger partial charge < -0.3 is 11.1 Å². The van der Waals surface area contributed by atoms with E-state index in [4.69, 9.17) is 28.9 Å². The van der Waals surface area contributed by atoms with Crippen LogP contribution in [0.15, 0.2) is 18.2 Å². The summed E-state index contributed by atoms with van der Waals surface area (Å²) in [7, 11) is 0. The summed E-state index contributed by atoms with van der Waals surface area (Å²) in [6.07, 6.45) is 0.918. The van der Waals surface area contributed by atoms with E-state index in [2.05, 4.69) is 5.32 Å². The lowest BCUT2D eigenvalue weighted by molar-refractivity contribution is -0.113. The molecule has 1 unspecified atom stereocenters. The number of anilines is 1. The maximum atomic E-state index is 11.6. The van der Waals surface area contributed by atoms with Gasteiger partial charge in [-0.3, -0.25) is 4.79 Å². The minimum Gasteiger partial charge on any atom is -0.327 e. The highest BCUT2D eigenvalue weighted by atomic mass is 35.5. The van der Waals surface area contributed by atoms with Crippen molar-refractivity contribution in [3.8, 4) is 0 Å². The standard InChI is InChI=1S/C12H16Cl2N2OS/c1-2-8(15)6-18-7-12(17)16-9-3-4-10(13)11(14)5-9/h3-5,8H,2,6-7,15H2,1H3,(H,16,17). The lowest BCUT2D eigenvalue weighted by atomic mass is 10.3. The molecule has 1 amide bonds. The highest BCUT2D eigenvalue weighted by Gasteiger charge is 2.06. The molecule has 6 heteroatoms. The summed E-state index contributed by atoms with van der Waals surface area (Å²) in [6, 6.07) is 5.14. The summed E-state index contributed by atoms with van der Waals surface area (Å²) < 4.78 is 0. The third-order valence-electron chi connectivity index (χ3n) is 2.29. The first kappa shape index (κ1) is 15.6. The molecule has 0 bridgehead atoms. The molecule has 0 saturated heterocycles. The van der Waals surface area contributed by atoms with Gasteiger partial charge in [-0.25, -0.2) is 0 Å². The average Bonchev–Trinajstić information content (AvgIpc) is 2.33. The molecule has 0 saturated carbocycles. The van der Waals surface area contributed by atoms with Crippen LogP contribution in [0.1, 0.15) is 13.3 Å². The molecule has 3 nitrogen and oxygen atoms in total. The van der Waals surface area contributed by atoms with Crippen molar-refractivity contribution >= 4 is 46.6 Å². The van der Waals surface area contributed by atoms with Crippen LogP contribution >= 0.6 is 35.0 Å². The zero-order valence-electron chi connectivity index (χ0n) is 10.1. The van der Waals surface area contributed by atoms with Gasteiger partial charge in [-0.1, -0.05) is 30.1 Å². The van der Waals surface area contributed by atoms with Crippen LogP contribution in [-0.2, 0) is 4.79 Å². The summed E-state index contributed by atoms with van der Waals surface area (Å²) in [5.41, 5.74) is 6.41. The molecule has 0 spiro atoms. The van der Waals surface area contributed by atoms with Gasteiger partial charge in [-0.15, -0.1) is 0 Å². The number of hydrogen-bond acceptors (Lipinski definition) is 3. The van der Waals surface area contributed by atoms with Crippen molar-refractivity contribution in [1.82, 2.24) is 0 Å². The Labute approximate surface area is 121 Å². The van der Waals surface area contributed by atoms with E-state index >= 15 is 0 Å². The molecular formula is C12H16Cl2N2OS. The number of nitrogens with one attached hydrogen (secondary N) is 1. The second-order valence-corrected chi connectivity index (χ2v) is 5.71. The fraction of sp³-hybridized carbons (Fsp3) is 0.417. The Morgan fingerprint density at radius 1 is 1.44 bits per heavy atom. The Bertz CT molecular complexity index is 415. The summed E-state index contributed by atoms with van der Waals surface area (Å²) in [4.78, 5) is 11.6. The smallest absolute Gasteiger partial charge is 0.234 e. The minimum absolute atomic E-state index is 0.0679. The number of carbonyl (C=O) groups is 1. The second-order valence-electron chi connectivity index (χ2n) is 3.86. The SMILES string of the molecule is CCC(N)CSCC(=O)Nc1ccc(Cl)c(Cl)c1. The monoisotopic (exact) mass is 306 g/mol. The van der Waals surface area contributed by atoms with Crippen LogP contribution in [0, 0.1) is 0 Å². The third-order valence-corrected chi connectivity index (χ3v) is 4.16. The molecule has 18 heavy (non-hydrogen) atoms. The van der Waals surface area contributed by atoms with Crippen molar-refractivity contribution in [3.05, 3.63) is 28.2 Å². The largest absolute Gasteiger partial charge is 0.327 e. The molecule has 0 aliphatic rings. The highest BCUT2D eigenvalue weighted by Crippen LogP contribution is 2.25. The van der Waals surface area contributed by atoms with Crippen molar-refractivity contribution in [2.45, 2.75) is 19.4 Å². The van der Waals surface area contributed by atoms with Gasteiger partial charge in [0, 0.05) is 17.5 Å². The Morgan fingerprint density at radius 3 is 2.78 bits per heavy atom. The fourth-order valence-electron chi connectivity index (χ4n) is 1.19. The van der Waals surface area contributed by atoms with Crippen molar-refractivity contribution in [2.75, 3.05) is 16.8 Å². The topological polar surface area (TPSA) is 55.1 Å². The number of benzene rings is 1. The summed E-state index contributed by atoms with van der Waals surface area (Å²) in [6.45, 7) is 2.03. The highest BCUT2D eigenvalue weighted by molar-refractivity contribution is 8.00. The first-order valence-electron chi connectivity index (χ1n) is 5.61. The number of rotatable bonds is 6. The van der Waals surface area contributed by atoms with Crippen LogP contribution in [0.3, 0.4) is 0 Å². The molecule has 0 radical (unpaired) electrons. The maximum Gasteiger partial charge on any atom is 0.234 e. The average molecular weight is 307 g/mol. The van der Waals surface area contributed by atoms with Crippen LogP contribution in [0.4, 0.5) is 5.69 Å². The van der Waals surface area contributed by atoms with E-state index in [0.29, 0.717) is 21.5 Å². The van der Waals surface area contributed by atoms with Crippen molar-refractivity contribution < 1.29 is 4.79 Å². The normalized spacial score (nSPS) is 12.2. The fourth-order valence-corrected chi connectivity index (χ4v) is 2.40. The number of amides is 1. The molecule has 1 rings (SSSR count). The van der Waals surface area contributed by atoms with E-state index < -0.39 is 0 Å². The minimum atomic E-state index is -0.0679. The lowest BCUT2D eigenvalue weighted by Crippen LogP contribution is -2.23. The van der Waals surface area contributed by atoms with Gasteiger partial charge in [0.2, 0.25) is 5.91 Å². The molecule has 0 aliphatic heterocycles. The van der Waals surface area contributed by atoms with Crippen molar-refractivity contribution in [2.24, 2.45) is 5.73 Å². The lowest BCUT2D eigenvalue weighted by Gasteiger charge is -2.09. The number of halogens is 2. The number of nitrogens with two attached hydrogens (primary N) is 1. The Balaban J connectivity index is 2.38. The van der Waals surface area contributed by atoms with Crippen LogP contribution in [-0.4, -0.2) is 23.5 Å². The molecule has 1 aromatic rings. The predicted octanol–water partition coefficient (Wildman–Crippen LogP) is 3.40. The molecule has 1 atom stereocenters. The number of thioether (sulfide) groups is 1. The summed E-state index contributed by atoms with van der Waals surface area (Å²) in [5.74, 6) is 1.10. The van der Waals surface area contributed by atoms with Gasteiger partial charge in [0.05, 0.1) is 15.8 Å². The second kappa shape index (κ2) is 7.89. The zero-order chi connectivity index (χ0) is 13.5. The third kappa shape index (κ3) is 5.48. The van der Waals surface area contributed by atoms with Gasteiger partial charge in [0.15, 0.2) is 0 Å². The Kier molecular flexibility index (Phi) is 6.86. The molecule has 3 N–H and O–H groups in total. The summed E-state index contributed by atoms with van der Waals surface area (Å²) in [5, 5.41) is 3.65. The van der Waals surface area contributed by atoms with E-state index in [9.17, 15) is 4.79 Å². The van der Waals surface area contributed by atoms with Crippen molar-refractivity contribution in [3.63, 3.8) is 0 Å². The molecule has 0 aliphatic carbocycles. The maximum absolute atomic E-state index is 11.6. The molecule has 0 heterocycles. The Morgan fingerprint density at radius 2 is 2.17 bits per heavy atom. The van der Waals surface area contributed by atoms with Crippen LogP contribution in [0.2, 0.25) is 10.0 Å². The van der Waals surface area contributed by atoms with Crippen molar-refractivity contribution in [1.29, 1.82) is 0 Å². The van der Waals surface area contributed by atoms with Gasteiger partial charge >= 0.3 is 0 Å². The predicted molar refractivity (Wildman–Crippen MR) is 80.7 cm³/mol. The number of hydrogen-bond donors (Lipinski definition) is 2. The van der Waals surface area contributed by atoms with Crippen LogP contribution in [0.5, 0.6) is 0 Å². The number of carbonyl (C=O) groups excluding carboxylic acids is 1. The van der Waals surface area contributed by atoms with Gasteiger partial charge in [0.1, 0.15) is 0 Å². The van der Waals surface area contributed by atoms with E-state index in [-0.39, 0.29) is 11.9 Å². The quantitative estimate of drug-likeness (QED) is 0.847. The van der Waals surface area contributed by atoms with Crippen LogP contribution in [0.25, 0.3) is 0 Å². The van der Waals surface area contributed by atoms with E-state index in [0.717, 1.165) is 12.2 Å². The van der Waals surface area contributed by atoms with E-state index in [1.165, 1.54) is 11.8 Å². The van der Waals surface area contributed by atoms with Gasteiger partial charge in [-0.05, 0) is 24.6 Å². The van der Waals surface area contributed by atoms with Gasteiger partial charge in [0.25, 0.3) is 0 Å². The Hall–Kier alpha value is -0.420. The summed E-state index contributed by atoms with van der Waals surface area (Å²) >= 11 is 13.2. The van der Waals surface area contributed by atoms with Gasteiger partial charge in [-0.2, -0.15) is 11.8 Å². The van der Waals surface area contributed by atoms with E-state index in [1.54, 1.807) is 18.2 Å². The van der Waals surface area contributed by atoms with E-state index in [1.807, 2.05) is 6.92 Å². The molecule has 1 aromatic carbocycles. The van der Waals surface area contributed by atoms with Crippen LogP contribution < -0.4 is 11.1 Å². The first-order chi connectivity index (χ1) is 8.52.